The average molecular weight is 191 g/mol. The molecule has 68 valence electrons. The standard InChI is InChI=1S/C11H13NS/c1-9-5-4-8-12-10(2)6-3-7-11(9)13/h3-8,12H,1-2H3. The molecule has 0 saturated carbocycles. The quantitative estimate of drug-likeness (QED) is 0.621. The number of aromatic amines is 1. The van der Waals surface area contributed by atoms with E-state index in [4.69, 9.17) is 12.2 Å². The van der Waals surface area contributed by atoms with Crippen LogP contribution in [0.3, 0.4) is 0 Å². The molecule has 1 rings (SSSR count). The highest BCUT2D eigenvalue weighted by Crippen LogP contribution is 1.96. The fourth-order valence-electron chi connectivity index (χ4n) is 0.914. The van der Waals surface area contributed by atoms with Crippen molar-refractivity contribution in [2.75, 3.05) is 0 Å². The Kier molecular flexibility index (Phi) is 3.65. The van der Waals surface area contributed by atoms with Gasteiger partial charge in [0.25, 0.3) is 0 Å². The van der Waals surface area contributed by atoms with Crippen molar-refractivity contribution in [2.45, 2.75) is 13.8 Å². The summed E-state index contributed by atoms with van der Waals surface area (Å²) >= 11 is 5.18. The molecule has 0 spiro atoms. The van der Waals surface area contributed by atoms with Crippen molar-refractivity contribution in [3.63, 3.8) is 0 Å². The molecule has 13 heavy (non-hydrogen) atoms. The summed E-state index contributed by atoms with van der Waals surface area (Å²) in [5.41, 5.74) is 2.21. The normalized spacial score (nSPS) is 9.08. The number of aromatic nitrogens is 1. The smallest absolute Gasteiger partial charge is 0.0406 e. The summed E-state index contributed by atoms with van der Waals surface area (Å²) in [5.74, 6) is 0. The van der Waals surface area contributed by atoms with Crippen LogP contribution in [0.25, 0.3) is 0 Å². The zero-order chi connectivity index (χ0) is 9.68. The number of rotatable bonds is 0. The van der Waals surface area contributed by atoms with Crippen molar-refractivity contribution >= 4 is 12.2 Å². The molecule has 0 fully saturated rings. The van der Waals surface area contributed by atoms with Gasteiger partial charge in [0, 0.05) is 16.4 Å². The van der Waals surface area contributed by atoms with E-state index in [-0.39, 0.29) is 0 Å². The monoisotopic (exact) mass is 191 g/mol. The second-order valence-corrected chi connectivity index (χ2v) is 3.37. The number of aryl methyl sites for hydroxylation is 2. The summed E-state index contributed by atoms with van der Waals surface area (Å²) in [5, 5.41) is 0. The van der Waals surface area contributed by atoms with Crippen molar-refractivity contribution in [3.05, 3.63) is 52.3 Å². The largest absolute Gasteiger partial charge is 0.365 e. The lowest BCUT2D eigenvalue weighted by atomic mass is 10.3. The minimum absolute atomic E-state index is 0.885. The predicted octanol–water partition coefficient (Wildman–Crippen LogP) is 3.49. The van der Waals surface area contributed by atoms with Gasteiger partial charge in [-0.15, -0.1) is 0 Å². The van der Waals surface area contributed by atoms with E-state index >= 15 is 0 Å². The molecule has 0 atom stereocenters. The molecule has 0 aliphatic carbocycles. The Balaban J connectivity index is 3.40. The van der Waals surface area contributed by atoms with Gasteiger partial charge in [-0.25, -0.2) is 0 Å². The summed E-state index contributed by atoms with van der Waals surface area (Å²) in [6.45, 7) is 4.02. The molecule has 0 saturated heterocycles. The van der Waals surface area contributed by atoms with Gasteiger partial charge >= 0.3 is 0 Å². The maximum absolute atomic E-state index is 5.18. The van der Waals surface area contributed by atoms with Gasteiger partial charge in [-0.3, -0.25) is 0 Å². The van der Waals surface area contributed by atoms with Gasteiger partial charge in [-0.2, -0.15) is 0 Å². The number of hydrogen-bond donors (Lipinski definition) is 1. The first-order chi connectivity index (χ1) is 6.20. The summed E-state index contributed by atoms with van der Waals surface area (Å²) in [4.78, 5) is 3.13. The molecule has 1 aromatic heterocycles. The lowest BCUT2D eigenvalue weighted by molar-refractivity contribution is 1.22. The average Bonchev–Trinajstić information content (AvgIpc) is 2.11. The van der Waals surface area contributed by atoms with E-state index in [0.29, 0.717) is 0 Å². The summed E-state index contributed by atoms with van der Waals surface area (Å²) in [6.07, 6.45) is 1.90. The first-order valence-electron chi connectivity index (χ1n) is 4.19. The Hall–Kier alpha value is -1.15. The molecule has 0 bridgehead atoms. The summed E-state index contributed by atoms with van der Waals surface area (Å²) < 4.78 is 0.885. The number of nitrogens with one attached hydrogen (secondary N) is 1. The second-order valence-electron chi connectivity index (χ2n) is 2.93. The van der Waals surface area contributed by atoms with Crippen LogP contribution in [0, 0.1) is 18.4 Å². The van der Waals surface area contributed by atoms with Gasteiger partial charge in [0.15, 0.2) is 0 Å². The van der Waals surface area contributed by atoms with E-state index in [1.807, 2.05) is 50.4 Å². The first kappa shape index (κ1) is 9.93. The van der Waals surface area contributed by atoms with Crippen LogP contribution in [0.2, 0.25) is 0 Å². The van der Waals surface area contributed by atoms with Crippen molar-refractivity contribution in [3.8, 4) is 0 Å². The van der Waals surface area contributed by atoms with Gasteiger partial charge in [-0.05, 0) is 37.6 Å². The SMILES string of the molecule is Cc1cccc(=S)c(C)ccc[nH]1. The Labute approximate surface area is 83.8 Å². The molecular weight excluding hydrogens is 178 g/mol. The van der Waals surface area contributed by atoms with Crippen molar-refractivity contribution in [2.24, 2.45) is 0 Å². The molecule has 0 aromatic carbocycles. The third-order valence-electron chi connectivity index (χ3n) is 1.74. The summed E-state index contributed by atoms with van der Waals surface area (Å²) in [6, 6.07) is 9.85. The van der Waals surface area contributed by atoms with Gasteiger partial charge in [0.05, 0.1) is 0 Å². The number of H-pyrrole nitrogens is 1. The maximum Gasteiger partial charge on any atom is 0.0406 e. The van der Waals surface area contributed by atoms with Gasteiger partial charge in [0.2, 0.25) is 0 Å². The van der Waals surface area contributed by atoms with E-state index in [0.717, 1.165) is 15.8 Å². The van der Waals surface area contributed by atoms with E-state index in [1.165, 1.54) is 0 Å². The second kappa shape index (κ2) is 4.77. The highest BCUT2D eigenvalue weighted by atomic mass is 32.1. The molecule has 1 nitrogen and oxygen atoms in total. The van der Waals surface area contributed by atoms with Crippen LogP contribution in [-0.4, -0.2) is 4.98 Å². The van der Waals surface area contributed by atoms with Crippen LogP contribution in [0.5, 0.6) is 0 Å². The Morgan fingerprint density at radius 2 is 1.85 bits per heavy atom. The van der Waals surface area contributed by atoms with E-state index in [2.05, 4.69) is 4.98 Å². The van der Waals surface area contributed by atoms with Gasteiger partial charge in [0.1, 0.15) is 0 Å². The van der Waals surface area contributed by atoms with Crippen LogP contribution in [-0.2, 0) is 0 Å². The Morgan fingerprint density at radius 1 is 1.08 bits per heavy atom. The zero-order valence-corrected chi connectivity index (χ0v) is 8.69. The molecular formula is C11H13NS. The predicted molar refractivity (Wildman–Crippen MR) is 58.7 cm³/mol. The molecule has 1 N–H and O–H groups in total. The van der Waals surface area contributed by atoms with E-state index in [1.54, 1.807) is 0 Å². The fourth-order valence-corrected chi connectivity index (χ4v) is 1.06. The molecule has 1 aromatic rings. The Morgan fingerprint density at radius 3 is 2.62 bits per heavy atom. The molecule has 0 aliphatic rings. The molecule has 0 amide bonds. The minimum atomic E-state index is 0.885. The molecule has 2 heteroatoms. The molecule has 0 radical (unpaired) electrons. The van der Waals surface area contributed by atoms with Gasteiger partial charge in [-0.1, -0.05) is 24.4 Å². The Bertz CT molecular complexity index is 392. The molecule has 0 aliphatic heterocycles. The maximum atomic E-state index is 5.18. The minimum Gasteiger partial charge on any atom is -0.365 e. The van der Waals surface area contributed by atoms with Crippen molar-refractivity contribution in [1.82, 2.24) is 4.98 Å². The number of hydrogen-bond acceptors (Lipinski definition) is 1. The van der Waals surface area contributed by atoms with Crippen LogP contribution in [0.1, 0.15) is 11.3 Å². The lowest BCUT2D eigenvalue weighted by Gasteiger charge is -1.86. The van der Waals surface area contributed by atoms with Crippen LogP contribution in [0.15, 0.2) is 36.5 Å². The third kappa shape index (κ3) is 3.38. The van der Waals surface area contributed by atoms with Gasteiger partial charge < -0.3 is 4.98 Å². The van der Waals surface area contributed by atoms with E-state index in [9.17, 15) is 0 Å². The molecule has 0 unspecified atom stereocenters. The highest BCUT2D eigenvalue weighted by Gasteiger charge is 1.79. The van der Waals surface area contributed by atoms with Crippen LogP contribution in [0.4, 0.5) is 0 Å². The topological polar surface area (TPSA) is 15.8 Å². The van der Waals surface area contributed by atoms with E-state index < -0.39 is 0 Å². The third-order valence-corrected chi connectivity index (χ3v) is 2.19. The zero-order valence-electron chi connectivity index (χ0n) is 7.87. The fraction of sp³-hybridized carbons (Fsp3) is 0.182. The lowest BCUT2D eigenvalue weighted by Crippen LogP contribution is -1.72. The highest BCUT2D eigenvalue weighted by molar-refractivity contribution is 7.71. The van der Waals surface area contributed by atoms with Crippen molar-refractivity contribution < 1.29 is 0 Å². The van der Waals surface area contributed by atoms with Crippen molar-refractivity contribution in [1.29, 1.82) is 0 Å². The van der Waals surface area contributed by atoms with Crippen LogP contribution >= 0.6 is 12.2 Å². The van der Waals surface area contributed by atoms with Crippen LogP contribution < -0.4 is 0 Å². The first-order valence-corrected chi connectivity index (χ1v) is 4.60. The molecule has 1 heterocycles. The summed E-state index contributed by atoms with van der Waals surface area (Å²) in [7, 11) is 0.